The molecule has 1 aromatic carbocycles. The molecule has 3 atom stereocenters. The van der Waals surface area contributed by atoms with E-state index in [1.807, 2.05) is 0 Å². The van der Waals surface area contributed by atoms with E-state index >= 15 is 0 Å². The van der Waals surface area contributed by atoms with E-state index in [4.69, 9.17) is 5.26 Å². The SMILES string of the molecule is N#CCN1CC[C@@]2(O)CCCC[C@@H]2[C@H]1c1ccc(F)cc1. The first-order chi connectivity index (χ1) is 10.1. The number of fused-ring (bicyclic) bond motifs is 1. The molecule has 2 aliphatic rings. The van der Waals surface area contributed by atoms with Crippen LogP contribution in [0.1, 0.15) is 43.7 Å². The lowest BCUT2D eigenvalue weighted by Gasteiger charge is -2.52. The van der Waals surface area contributed by atoms with E-state index in [2.05, 4.69) is 11.0 Å². The molecule has 3 nitrogen and oxygen atoms in total. The molecule has 1 saturated carbocycles. The standard InChI is InChI=1S/C17H21FN2O/c18-14-6-4-13(5-7-14)16-15-3-1-2-8-17(15,21)9-11-20(16)12-10-19/h4-7,15-16,21H,1-3,8-9,11-12H2/t15-,16-,17+/m1/s1. The average molecular weight is 288 g/mol. The molecule has 2 fully saturated rings. The highest BCUT2D eigenvalue weighted by molar-refractivity contribution is 5.24. The van der Waals surface area contributed by atoms with Crippen LogP contribution in [0.25, 0.3) is 0 Å². The number of benzene rings is 1. The highest BCUT2D eigenvalue weighted by Gasteiger charge is 2.48. The van der Waals surface area contributed by atoms with Crippen molar-refractivity contribution in [1.82, 2.24) is 4.90 Å². The second kappa shape index (κ2) is 5.75. The molecule has 0 radical (unpaired) electrons. The maximum Gasteiger partial charge on any atom is 0.123 e. The summed E-state index contributed by atoms with van der Waals surface area (Å²) in [6.07, 6.45) is 4.74. The quantitative estimate of drug-likeness (QED) is 0.851. The summed E-state index contributed by atoms with van der Waals surface area (Å²) in [6.45, 7) is 1.08. The van der Waals surface area contributed by atoms with Crippen LogP contribution < -0.4 is 0 Å². The highest BCUT2D eigenvalue weighted by atomic mass is 19.1. The summed E-state index contributed by atoms with van der Waals surface area (Å²) in [6, 6.07) is 8.77. The van der Waals surface area contributed by atoms with Crippen LogP contribution in [0.4, 0.5) is 4.39 Å². The van der Waals surface area contributed by atoms with Gasteiger partial charge in [-0.3, -0.25) is 4.90 Å². The number of nitrogens with zero attached hydrogens (tertiary/aromatic N) is 2. The summed E-state index contributed by atoms with van der Waals surface area (Å²) >= 11 is 0. The van der Waals surface area contributed by atoms with Crippen molar-refractivity contribution in [1.29, 1.82) is 5.26 Å². The molecule has 112 valence electrons. The molecule has 3 rings (SSSR count). The first-order valence-electron chi connectivity index (χ1n) is 7.73. The van der Waals surface area contributed by atoms with Crippen molar-refractivity contribution < 1.29 is 9.50 Å². The van der Waals surface area contributed by atoms with Crippen LogP contribution in [-0.4, -0.2) is 28.7 Å². The van der Waals surface area contributed by atoms with Crippen LogP contribution in [0.3, 0.4) is 0 Å². The number of likely N-dealkylation sites (tertiary alicyclic amines) is 1. The molecule has 1 N–H and O–H groups in total. The van der Waals surface area contributed by atoms with E-state index in [-0.39, 0.29) is 17.8 Å². The zero-order valence-electron chi connectivity index (χ0n) is 12.1. The number of nitriles is 1. The van der Waals surface area contributed by atoms with Gasteiger partial charge in [0.15, 0.2) is 0 Å². The van der Waals surface area contributed by atoms with Gasteiger partial charge in [0.25, 0.3) is 0 Å². The van der Waals surface area contributed by atoms with Gasteiger partial charge in [-0.15, -0.1) is 0 Å². The number of rotatable bonds is 2. The molecule has 1 heterocycles. The molecule has 21 heavy (non-hydrogen) atoms. The number of piperidine rings is 1. The Hall–Kier alpha value is -1.44. The Labute approximate surface area is 125 Å². The average Bonchev–Trinajstić information content (AvgIpc) is 2.49. The lowest BCUT2D eigenvalue weighted by Crippen LogP contribution is -2.54. The third-order valence-corrected chi connectivity index (χ3v) is 5.16. The van der Waals surface area contributed by atoms with Crippen LogP contribution >= 0.6 is 0 Å². The Balaban J connectivity index is 1.96. The van der Waals surface area contributed by atoms with Gasteiger partial charge in [-0.1, -0.05) is 25.0 Å². The largest absolute Gasteiger partial charge is 0.389 e. The Morgan fingerprint density at radius 2 is 2.05 bits per heavy atom. The van der Waals surface area contributed by atoms with E-state index < -0.39 is 5.60 Å². The zero-order valence-corrected chi connectivity index (χ0v) is 12.1. The second-order valence-corrected chi connectivity index (χ2v) is 6.33. The Bertz CT molecular complexity index is 539. The van der Waals surface area contributed by atoms with Crippen LogP contribution in [-0.2, 0) is 0 Å². The number of halogens is 1. The van der Waals surface area contributed by atoms with Gasteiger partial charge in [-0.2, -0.15) is 5.26 Å². The lowest BCUT2D eigenvalue weighted by atomic mass is 9.66. The summed E-state index contributed by atoms with van der Waals surface area (Å²) in [4.78, 5) is 2.14. The van der Waals surface area contributed by atoms with Gasteiger partial charge in [0.2, 0.25) is 0 Å². The number of hydrogen-bond acceptors (Lipinski definition) is 3. The number of aliphatic hydroxyl groups is 1. The van der Waals surface area contributed by atoms with Gasteiger partial charge >= 0.3 is 0 Å². The minimum atomic E-state index is -0.622. The van der Waals surface area contributed by atoms with Gasteiger partial charge in [-0.05, 0) is 37.0 Å². The molecule has 0 aromatic heterocycles. The maximum atomic E-state index is 13.2. The molecule has 1 saturated heterocycles. The summed E-state index contributed by atoms with van der Waals surface area (Å²) in [7, 11) is 0. The van der Waals surface area contributed by atoms with E-state index in [0.29, 0.717) is 6.54 Å². The van der Waals surface area contributed by atoms with Gasteiger partial charge in [0.05, 0.1) is 18.2 Å². The third-order valence-electron chi connectivity index (χ3n) is 5.16. The Morgan fingerprint density at radius 3 is 2.76 bits per heavy atom. The molecule has 1 aliphatic heterocycles. The van der Waals surface area contributed by atoms with Gasteiger partial charge in [0.1, 0.15) is 5.82 Å². The monoisotopic (exact) mass is 288 g/mol. The van der Waals surface area contributed by atoms with E-state index in [0.717, 1.165) is 44.2 Å². The van der Waals surface area contributed by atoms with Gasteiger partial charge < -0.3 is 5.11 Å². The summed E-state index contributed by atoms with van der Waals surface area (Å²) in [5, 5.41) is 20.1. The molecule has 0 amide bonds. The van der Waals surface area contributed by atoms with E-state index in [1.165, 1.54) is 12.1 Å². The van der Waals surface area contributed by atoms with Crippen molar-refractivity contribution in [2.75, 3.05) is 13.1 Å². The summed E-state index contributed by atoms with van der Waals surface area (Å²) in [5.41, 5.74) is 0.389. The minimum Gasteiger partial charge on any atom is -0.389 e. The van der Waals surface area contributed by atoms with Gasteiger partial charge in [0, 0.05) is 18.5 Å². The molecule has 0 spiro atoms. The first-order valence-corrected chi connectivity index (χ1v) is 7.73. The fourth-order valence-corrected chi connectivity index (χ4v) is 4.11. The highest BCUT2D eigenvalue weighted by Crippen LogP contribution is 2.49. The van der Waals surface area contributed by atoms with Crippen molar-refractivity contribution >= 4 is 0 Å². The fraction of sp³-hybridized carbons (Fsp3) is 0.588. The van der Waals surface area contributed by atoms with Gasteiger partial charge in [-0.25, -0.2) is 4.39 Å². The third kappa shape index (κ3) is 2.68. The van der Waals surface area contributed by atoms with Crippen LogP contribution in [0, 0.1) is 23.1 Å². The topological polar surface area (TPSA) is 47.3 Å². The predicted octanol–water partition coefficient (Wildman–Crippen LogP) is 3.02. The van der Waals surface area contributed by atoms with E-state index in [1.54, 1.807) is 12.1 Å². The number of hydrogen-bond donors (Lipinski definition) is 1. The molecule has 0 unspecified atom stereocenters. The summed E-state index contributed by atoms with van der Waals surface area (Å²) in [5.74, 6) is -0.112. The smallest absolute Gasteiger partial charge is 0.123 e. The van der Waals surface area contributed by atoms with Crippen molar-refractivity contribution in [3.05, 3.63) is 35.6 Å². The van der Waals surface area contributed by atoms with Crippen LogP contribution in [0.2, 0.25) is 0 Å². The summed E-state index contributed by atoms with van der Waals surface area (Å²) < 4.78 is 13.2. The molecule has 1 aromatic rings. The normalized spacial score (nSPS) is 33.2. The van der Waals surface area contributed by atoms with Crippen molar-refractivity contribution in [2.45, 2.75) is 43.7 Å². The Kier molecular flexibility index (Phi) is 3.97. The van der Waals surface area contributed by atoms with Crippen molar-refractivity contribution in [3.8, 4) is 6.07 Å². The van der Waals surface area contributed by atoms with Crippen molar-refractivity contribution in [3.63, 3.8) is 0 Å². The molecular weight excluding hydrogens is 267 g/mol. The molecular formula is C17H21FN2O. The van der Waals surface area contributed by atoms with Crippen LogP contribution in [0.5, 0.6) is 0 Å². The lowest BCUT2D eigenvalue weighted by molar-refractivity contribution is -0.121. The minimum absolute atomic E-state index is 0.0179. The predicted molar refractivity (Wildman–Crippen MR) is 77.9 cm³/mol. The first kappa shape index (κ1) is 14.5. The fourth-order valence-electron chi connectivity index (χ4n) is 4.11. The van der Waals surface area contributed by atoms with Crippen LogP contribution in [0.15, 0.2) is 24.3 Å². The molecule has 4 heteroatoms. The zero-order chi connectivity index (χ0) is 14.9. The molecule has 0 bridgehead atoms. The van der Waals surface area contributed by atoms with E-state index in [9.17, 15) is 9.50 Å². The van der Waals surface area contributed by atoms with Crippen molar-refractivity contribution in [2.24, 2.45) is 5.92 Å². The molecule has 1 aliphatic carbocycles. The maximum absolute atomic E-state index is 13.2. The Morgan fingerprint density at radius 1 is 1.29 bits per heavy atom. The second-order valence-electron chi connectivity index (χ2n) is 6.33.